The van der Waals surface area contributed by atoms with E-state index in [2.05, 4.69) is 10.3 Å². The van der Waals surface area contributed by atoms with Crippen LogP contribution in [0.25, 0.3) is 10.2 Å². The highest BCUT2D eigenvalue weighted by Crippen LogP contribution is 2.26. The highest BCUT2D eigenvalue weighted by Gasteiger charge is 2.09. The standard InChI is InChI=1S/C11H9FN2O2S2/c1-6(15)17-5-10(16)14-11-13-8-3-2-7(12)4-9(8)18-11/h2-4H,5H2,1H3,(H,13,14,16). The molecule has 0 spiro atoms. The van der Waals surface area contributed by atoms with Crippen molar-refractivity contribution in [1.82, 2.24) is 4.98 Å². The Balaban J connectivity index is 2.07. The van der Waals surface area contributed by atoms with E-state index >= 15 is 0 Å². The molecule has 0 atom stereocenters. The Bertz CT molecular complexity index is 612. The summed E-state index contributed by atoms with van der Waals surface area (Å²) in [5.41, 5.74) is 0.635. The van der Waals surface area contributed by atoms with Crippen LogP contribution in [0.2, 0.25) is 0 Å². The highest BCUT2D eigenvalue weighted by molar-refractivity contribution is 8.14. The second-order valence-corrected chi connectivity index (χ2v) is 5.64. The molecule has 0 saturated carbocycles. The molecule has 4 nitrogen and oxygen atoms in total. The molecule has 1 N–H and O–H groups in total. The molecule has 1 heterocycles. The first kappa shape index (κ1) is 13.0. The predicted octanol–water partition coefficient (Wildman–Crippen LogP) is 2.65. The summed E-state index contributed by atoms with van der Waals surface area (Å²) in [6.07, 6.45) is 0. The van der Waals surface area contributed by atoms with Crippen LogP contribution < -0.4 is 5.32 Å². The summed E-state index contributed by atoms with van der Waals surface area (Å²) in [6.45, 7) is 1.40. The zero-order valence-corrected chi connectivity index (χ0v) is 11.0. The second kappa shape index (κ2) is 5.45. The van der Waals surface area contributed by atoms with Crippen LogP contribution in [0.5, 0.6) is 0 Å². The van der Waals surface area contributed by atoms with Crippen LogP contribution in [0.3, 0.4) is 0 Å². The molecular weight excluding hydrogens is 275 g/mol. The van der Waals surface area contributed by atoms with Crippen molar-refractivity contribution in [1.29, 1.82) is 0 Å². The van der Waals surface area contributed by atoms with Crippen LogP contribution in [0.4, 0.5) is 9.52 Å². The molecule has 18 heavy (non-hydrogen) atoms. The van der Waals surface area contributed by atoms with Crippen LogP contribution >= 0.6 is 23.1 Å². The Kier molecular flexibility index (Phi) is 3.93. The number of amides is 1. The molecule has 0 radical (unpaired) electrons. The summed E-state index contributed by atoms with van der Waals surface area (Å²) in [5, 5.41) is 2.87. The highest BCUT2D eigenvalue weighted by atomic mass is 32.2. The number of hydrogen-bond donors (Lipinski definition) is 1. The molecule has 0 saturated heterocycles. The van der Waals surface area contributed by atoms with Gasteiger partial charge in [-0.05, 0) is 18.2 Å². The first-order valence-corrected chi connectivity index (χ1v) is 6.84. The van der Waals surface area contributed by atoms with Crippen molar-refractivity contribution in [3.63, 3.8) is 0 Å². The summed E-state index contributed by atoms with van der Waals surface area (Å²) in [6, 6.07) is 4.24. The monoisotopic (exact) mass is 284 g/mol. The van der Waals surface area contributed by atoms with Crippen molar-refractivity contribution in [3.05, 3.63) is 24.0 Å². The number of carbonyl (C=O) groups is 2. The molecule has 2 rings (SSSR count). The Morgan fingerprint density at radius 2 is 2.28 bits per heavy atom. The number of benzene rings is 1. The second-order valence-electron chi connectivity index (χ2n) is 3.46. The van der Waals surface area contributed by atoms with Gasteiger partial charge in [-0.1, -0.05) is 23.1 Å². The third-order valence-corrected chi connectivity index (χ3v) is 3.75. The quantitative estimate of drug-likeness (QED) is 0.941. The van der Waals surface area contributed by atoms with E-state index in [4.69, 9.17) is 0 Å². The van der Waals surface area contributed by atoms with Crippen LogP contribution in [-0.2, 0) is 9.59 Å². The number of fused-ring (bicyclic) bond motifs is 1. The first-order chi connectivity index (χ1) is 8.54. The summed E-state index contributed by atoms with van der Waals surface area (Å²) >= 11 is 2.13. The van der Waals surface area contributed by atoms with Crippen molar-refractivity contribution in [3.8, 4) is 0 Å². The Morgan fingerprint density at radius 3 is 3.00 bits per heavy atom. The minimum absolute atomic E-state index is 0.0552. The van der Waals surface area contributed by atoms with Gasteiger partial charge in [-0.25, -0.2) is 9.37 Å². The maximum atomic E-state index is 13.0. The third-order valence-electron chi connectivity index (χ3n) is 2.00. The van der Waals surface area contributed by atoms with E-state index in [1.165, 1.54) is 30.4 Å². The smallest absolute Gasteiger partial charge is 0.236 e. The number of aromatic nitrogens is 1. The molecule has 94 valence electrons. The number of rotatable bonds is 3. The molecule has 0 aliphatic carbocycles. The van der Waals surface area contributed by atoms with Gasteiger partial charge >= 0.3 is 0 Å². The van der Waals surface area contributed by atoms with Gasteiger partial charge in [0.25, 0.3) is 0 Å². The lowest BCUT2D eigenvalue weighted by Crippen LogP contribution is -2.14. The molecule has 0 aliphatic heterocycles. The molecule has 2 aromatic rings. The number of thioether (sulfide) groups is 1. The molecule has 1 aromatic carbocycles. The Morgan fingerprint density at radius 1 is 1.50 bits per heavy atom. The number of nitrogens with zero attached hydrogens (tertiary/aromatic N) is 1. The van der Waals surface area contributed by atoms with E-state index in [9.17, 15) is 14.0 Å². The van der Waals surface area contributed by atoms with Crippen molar-refractivity contribution < 1.29 is 14.0 Å². The van der Waals surface area contributed by atoms with Gasteiger partial charge < -0.3 is 5.32 Å². The number of halogens is 1. The summed E-state index contributed by atoms with van der Waals surface area (Å²) < 4.78 is 13.6. The van der Waals surface area contributed by atoms with Gasteiger partial charge in [-0.3, -0.25) is 9.59 Å². The lowest BCUT2D eigenvalue weighted by atomic mass is 10.3. The van der Waals surface area contributed by atoms with Crippen LogP contribution in [0.15, 0.2) is 18.2 Å². The average Bonchev–Trinajstić information content (AvgIpc) is 2.67. The van der Waals surface area contributed by atoms with E-state index in [1.54, 1.807) is 6.07 Å². The minimum Gasteiger partial charge on any atom is -0.301 e. The van der Waals surface area contributed by atoms with Crippen LogP contribution in [0.1, 0.15) is 6.92 Å². The predicted molar refractivity (Wildman–Crippen MR) is 71.3 cm³/mol. The van der Waals surface area contributed by atoms with Gasteiger partial charge in [0.05, 0.1) is 16.0 Å². The molecule has 0 aliphatic rings. The van der Waals surface area contributed by atoms with E-state index < -0.39 is 0 Å². The number of carbonyl (C=O) groups excluding carboxylic acids is 2. The van der Waals surface area contributed by atoms with Crippen molar-refractivity contribution >= 4 is 49.5 Å². The van der Waals surface area contributed by atoms with Gasteiger partial charge in [0.1, 0.15) is 5.82 Å². The SMILES string of the molecule is CC(=O)SCC(=O)Nc1nc2ccc(F)cc2s1. The van der Waals surface area contributed by atoms with Crippen LogP contribution in [0, 0.1) is 5.82 Å². The van der Waals surface area contributed by atoms with E-state index in [0.29, 0.717) is 15.3 Å². The fourth-order valence-corrected chi connectivity index (χ4v) is 2.59. The van der Waals surface area contributed by atoms with Crippen molar-refractivity contribution in [2.24, 2.45) is 0 Å². The Labute approximate surface area is 111 Å². The molecule has 0 bridgehead atoms. The lowest BCUT2D eigenvalue weighted by molar-refractivity contribution is -0.114. The minimum atomic E-state index is -0.337. The number of hydrogen-bond acceptors (Lipinski definition) is 5. The van der Waals surface area contributed by atoms with Crippen molar-refractivity contribution in [2.45, 2.75) is 6.92 Å². The van der Waals surface area contributed by atoms with Gasteiger partial charge in [0.2, 0.25) is 5.91 Å². The largest absolute Gasteiger partial charge is 0.301 e. The van der Waals surface area contributed by atoms with Crippen LogP contribution in [-0.4, -0.2) is 21.8 Å². The summed E-state index contributed by atoms with van der Waals surface area (Å²) in [5.74, 6) is -0.578. The van der Waals surface area contributed by atoms with E-state index in [-0.39, 0.29) is 22.6 Å². The number of anilines is 1. The number of nitrogens with one attached hydrogen (secondary N) is 1. The molecule has 1 aromatic heterocycles. The van der Waals surface area contributed by atoms with Gasteiger partial charge in [0.15, 0.2) is 10.2 Å². The maximum Gasteiger partial charge on any atom is 0.236 e. The van der Waals surface area contributed by atoms with Crippen molar-refractivity contribution in [2.75, 3.05) is 11.1 Å². The normalized spacial score (nSPS) is 10.6. The first-order valence-electron chi connectivity index (χ1n) is 5.04. The lowest BCUT2D eigenvalue weighted by Gasteiger charge is -1.98. The van der Waals surface area contributed by atoms with E-state index in [0.717, 1.165) is 11.8 Å². The molecule has 1 amide bonds. The van der Waals surface area contributed by atoms with Gasteiger partial charge in [-0.2, -0.15) is 0 Å². The third kappa shape index (κ3) is 3.27. The van der Waals surface area contributed by atoms with Gasteiger partial charge in [0, 0.05) is 6.92 Å². The summed E-state index contributed by atoms with van der Waals surface area (Å²) in [4.78, 5) is 26.3. The van der Waals surface area contributed by atoms with E-state index in [1.807, 2.05) is 0 Å². The maximum absolute atomic E-state index is 13.0. The summed E-state index contributed by atoms with van der Waals surface area (Å²) in [7, 11) is 0. The van der Waals surface area contributed by atoms with Gasteiger partial charge in [-0.15, -0.1) is 0 Å². The Hall–Kier alpha value is -1.47. The molecule has 7 heteroatoms. The average molecular weight is 284 g/mol. The fraction of sp³-hybridized carbons (Fsp3) is 0.182. The zero-order valence-electron chi connectivity index (χ0n) is 9.40. The fourth-order valence-electron chi connectivity index (χ4n) is 1.27. The topological polar surface area (TPSA) is 59.1 Å². The molecular formula is C11H9FN2O2S2. The zero-order chi connectivity index (χ0) is 13.1. The molecule has 0 unspecified atom stereocenters. The number of thiazole rings is 1. The molecule has 0 fully saturated rings.